The SMILES string of the molecule is CC(=O)NC1CC(C)C1=O. The highest BCUT2D eigenvalue weighted by Crippen LogP contribution is 2.21. The maximum Gasteiger partial charge on any atom is 0.217 e. The lowest BCUT2D eigenvalue weighted by molar-refractivity contribution is -0.135. The molecule has 0 bridgehead atoms. The molecule has 0 aromatic heterocycles. The number of carbonyl (C=O) groups is 2. The summed E-state index contributed by atoms with van der Waals surface area (Å²) >= 11 is 0. The second-order valence-corrected chi connectivity index (χ2v) is 2.79. The van der Waals surface area contributed by atoms with Crippen LogP contribution in [0.5, 0.6) is 0 Å². The van der Waals surface area contributed by atoms with E-state index in [0.29, 0.717) is 0 Å². The summed E-state index contributed by atoms with van der Waals surface area (Å²) in [6.07, 6.45) is 0.804. The van der Waals surface area contributed by atoms with Crippen molar-refractivity contribution in [2.24, 2.45) is 5.92 Å². The lowest BCUT2D eigenvalue weighted by atomic mass is 9.80. The van der Waals surface area contributed by atoms with Crippen molar-refractivity contribution in [1.29, 1.82) is 0 Å². The van der Waals surface area contributed by atoms with E-state index in [4.69, 9.17) is 0 Å². The molecule has 1 rings (SSSR count). The van der Waals surface area contributed by atoms with Gasteiger partial charge in [-0.15, -0.1) is 0 Å². The Kier molecular flexibility index (Phi) is 1.74. The van der Waals surface area contributed by atoms with Crippen molar-refractivity contribution in [3.05, 3.63) is 0 Å². The van der Waals surface area contributed by atoms with Crippen molar-refractivity contribution in [2.75, 3.05) is 0 Å². The molecule has 1 fully saturated rings. The van der Waals surface area contributed by atoms with E-state index in [1.54, 1.807) is 0 Å². The summed E-state index contributed by atoms with van der Waals surface area (Å²) in [5, 5.41) is 2.57. The first-order valence-electron chi connectivity index (χ1n) is 3.42. The summed E-state index contributed by atoms with van der Waals surface area (Å²) in [5.41, 5.74) is 0. The molecular formula is C7H11NO2. The van der Waals surface area contributed by atoms with Crippen molar-refractivity contribution in [3.63, 3.8) is 0 Å². The van der Waals surface area contributed by atoms with Gasteiger partial charge in [0.2, 0.25) is 5.91 Å². The van der Waals surface area contributed by atoms with Crippen LogP contribution < -0.4 is 5.32 Å². The van der Waals surface area contributed by atoms with Gasteiger partial charge in [-0.25, -0.2) is 0 Å². The summed E-state index contributed by atoms with van der Waals surface area (Å²) in [4.78, 5) is 21.3. The number of rotatable bonds is 1. The Balaban J connectivity index is 2.34. The van der Waals surface area contributed by atoms with Crippen LogP contribution in [0.3, 0.4) is 0 Å². The van der Waals surface area contributed by atoms with Crippen LogP contribution in [0.4, 0.5) is 0 Å². The minimum atomic E-state index is -0.188. The van der Waals surface area contributed by atoms with Gasteiger partial charge in [-0.3, -0.25) is 9.59 Å². The summed E-state index contributed by atoms with van der Waals surface area (Å²) in [7, 11) is 0. The Labute approximate surface area is 59.8 Å². The van der Waals surface area contributed by atoms with E-state index in [1.807, 2.05) is 6.92 Å². The fourth-order valence-corrected chi connectivity index (χ4v) is 1.14. The van der Waals surface area contributed by atoms with Gasteiger partial charge in [0.1, 0.15) is 0 Å². The summed E-state index contributed by atoms with van der Waals surface area (Å²) in [6, 6.07) is -0.188. The number of amides is 1. The van der Waals surface area contributed by atoms with E-state index in [0.717, 1.165) is 6.42 Å². The predicted octanol–water partition coefficient (Wildman–Crippen LogP) is 0.100. The van der Waals surface area contributed by atoms with E-state index in [2.05, 4.69) is 5.32 Å². The minimum absolute atomic E-state index is 0.120. The topological polar surface area (TPSA) is 46.2 Å². The third kappa shape index (κ3) is 1.17. The normalized spacial score (nSPS) is 31.2. The van der Waals surface area contributed by atoms with E-state index in [1.165, 1.54) is 6.92 Å². The van der Waals surface area contributed by atoms with Gasteiger partial charge in [-0.1, -0.05) is 6.92 Å². The first kappa shape index (κ1) is 7.25. The molecule has 3 nitrogen and oxygen atoms in total. The maximum absolute atomic E-state index is 10.9. The predicted molar refractivity (Wildman–Crippen MR) is 36.4 cm³/mol. The number of nitrogens with one attached hydrogen (secondary N) is 1. The van der Waals surface area contributed by atoms with Crippen LogP contribution in [0.25, 0.3) is 0 Å². The molecular weight excluding hydrogens is 130 g/mol. The Bertz CT molecular complexity index is 176. The summed E-state index contributed by atoms with van der Waals surface area (Å²) in [5.74, 6) is 0.192. The van der Waals surface area contributed by atoms with Crippen LogP contribution in [0.1, 0.15) is 20.3 Å². The highest BCUT2D eigenvalue weighted by molar-refractivity contribution is 5.94. The molecule has 0 spiro atoms. The first-order valence-corrected chi connectivity index (χ1v) is 3.42. The Morgan fingerprint density at radius 3 is 2.60 bits per heavy atom. The molecule has 1 aliphatic carbocycles. The molecule has 0 saturated heterocycles. The molecule has 0 aliphatic heterocycles. The molecule has 56 valence electrons. The first-order chi connectivity index (χ1) is 4.61. The molecule has 2 atom stereocenters. The molecule has 1 aliphatic rings. The number of hydrogen-bond acceptors (Lipinski definition) is 2. The molecule has 0 radical (unpaired) electrons. The van der Waals surface area contributed by atoms with E-state index in [9.17, 15) is 9.59 Å². The van der Waals surface area contributed by atoms with Gasteiger partial charge in [-0.2, -0.15) is 0 Å². The fraction of sp³-hybridized carbons (Fsp3) is 0.714. The third-order valence-corrected chi connectivity index (χ3v) is 1.80. The average molecular weight is 141 g/mol. The van der Waals surface area contributed by atoms with Crippen molar-refractivity contribution < 1.29 is 9.59 Å². The number of Topliss-reactive ketones (excluding diaryl/α,β-unsaturated/α-hetero) is 1. The lowest BCUT2D eigenvalue weighted by Crippen LogP contribution is -2.51. The van der Waals surface area contributed by atoms with Gasteiger partial charge in [-0.05, 0) is 6.42 Å². The quantitative estimate of drug-likeness (QED) is 0.563. The summed E-state index contributed by atoms with van der Waals surface area (Å²) < 4.78 is 0. The van der Waals surface area contributed by atoms with Crippen LogP contribution in [-0.4, -0.2) is 17.7 Å². The Morgan fingerprint density at radius 2 is 2.30 bits per heavy atom. The van der Waals surface area contributed by atoms with E-state index >= 15 is 0 Å². The van der Waals surface area contributed by atoms with Crippen molar-refractivity contribution in [3.8, 4) is 0 Å². The molecule has 1 saturated carbocycles. The van der Waals surface area contributed by atoms with E-state index < -0.39 is 0 Å². The Morgan fingerprint density at radius 1 is 1.70 bits per heavy atom. The molecule has 10 heavy (non-hydrogen) atoms. The fourth-order valence-electron chi connectivity index (χ4n) is 1.14. The molecule has 0 aromatic carbocycles. The van der Waals surface area contributed by atoms with Gasteiger partial charge >= 0.3 is 0 Å². The van der Waals surface area contributed by atoms with Crippen LogP contribution in [0, 0.1) is 5.92 Å². The smallest absolute Gasteiger partial charge is 0.217 e. The maximum atomic E-state index is 10.9. The second-order valence-electron chi connectivity index (χ2n) is 2.79. The van der Waals surface area contributed by atoms with Gasteiger partial charge < -0.3 is 5.32 Å². The van der Waals surface area contributed by atoms with Gasteiger partial charge in [0.15, 0.2) is 5.78 Å². The average Bonchev–Trinajstić information content (AvgIpc) is 1.86. The second kappa shape index (κ2) is 2.40. The molecule has 1 amide bonds. The van der Waals surface area contributed by atoms with Gasteiger partial charge in [0.25, 0.3) is 0 Å². The van der Waals surface area contributed by atoms with Crippen LogP contribution in [0.15, 0.2) is 0 Å². The van der Waals surface area contributed by atoms with Crippen LogP contribution in [-0.2, 0) is 9.59 Å². The molecule has 1 N–H and O–H groups in total. The molecule has 2 unspecified atom stereocenters. The van der Waals surface area contributed by atoms with Gasteiger partial charge in [0, 0.05) is 12.8 Å². The standard InChI is InChI=1S/C7H11NO2/c1-4-3-6(7(4)10)8-5(2)9/h4,6H,3H2,1-2H3,(H,8,9). The van der Waals surface area contributed by atoms with Crippen molar-refractivity contribution in [2.45, 2.75) is 26.3 Å². The largest absolute Gasteiger partial charge is 0.347 e. The highest BCUT2D eigenvalue weighted by atomic mass is 16.2. The number of ketones is 1. The van der Waals surface area contributed by atoms with Crippen LogP contribution >= 0.6 is 0 Å². The zero-order chi connectivity index (χ0) is 7.72. The van der Waals surface area contributed by atoms with Gasteiger partial charge in [0.05, 0.1) is 6.04 Å². The minimum Gasteiger partial charge on any atom is -0.347 e. The zero-order valence-electron chi connectivity index (χ0n) is 6.18. The number of hydrogen-bond donors (Lipinski definition) is 1. The Hall–Kier alpha value is -0.860. The molecule has 0 heterocycles. The van der Waals surface area contributed by atoms with E-state index in [-0.39, 0.29) is 23.7 Å². The van der Waals surface area contributed by atoms with Crippen LogP contribution in [0.2, 0.25) is 0 Å². The summed E-state index contributed by atoms with van der Waals surface area (Å²) in [6.45, 7) is 3.30. The number of carbonyl (C=O) groups excluding carboxylic acids is 2. The highest BCUT2D eigenvalue weighted by Gasteiger charge is 2.36. The van der Waals surface area contributed by atoms with Crippen molar-refractivity contribution in [1.82, 2.24) is 5.32 Å². The zero-order valence-corrected chi connectivity index (χ0v) is 6.18. The monoisotopic (exact) mass is 141 g/mol. The molecule has 0 aromatic rings. The third-order valence-electron chi connectivity index (χ3n) is 1.80. The molecule has 3 heteroatoms. The lowest BCUT2D eigenvalue weighted by Gasteiger charge is -2.30. The van der Waals surface area contributed by atoms with Crippen molar-refractivity contribution >= 4 is 11.7 Å².